The van der Waals surface area contributed by atoms with Crippen LogP contribution in [-0.4, -0.2) is 58.4 Å². The number of para-hydroxylation sites is 2. The number of hydrogen-bond donors (Lipinski definition) is 1. The van der Waals surface area contributed by atoms with Crippen molar-refractivity contribution in [2.75, 3.05) is 18.0 Å². The van der Waals surface area contributed by atoms with E-state index in [9.17, 15) is 9.90 Å². The van der Waals surface area contributed by atoms with E-state index in [0.717, 1.165) is 29.9 Å². The highest BCUT2D eigenvalue weighted by molar-refractivity contribution is 5.76. The van der Waals surface area contributed by atoms with Gasteiger partial charge >= 0.3 is 5.97 Å². The van der Waals surface area contributed by atoms with Gasteiger partial charge < -0.3 is 14.6 Å². The second-order valence-corrected chi connectivity index (χ2v) is 8.48. The summed E-state index contributed by atoms with van der Waals surface area (Å²) in [6.07, 6.45) is 0.399. The first-order chi connectivity index (χ1) is 15.9. The maximum atomic E-state index is 11.8. The molecule has 0 radical (unpaired) electrons. The summed E-state index contributed by atoms with van der Waals surface area (Å²) in [6, 6.07) is 9.97. The van der Waals surface area contributed by atoms with Crippen LogP contribution in [0.25, 0.3) is 16.9 Å². The van der Waals surface area contributed by atoms with E-state index in [4.69, 9.17) is 4.98 Å². The number of carboxylic acid groups (broad SMARTS) is 1. The van der Waals surface area contributed by atoms with Gasteiger partial charge in [-0.25, -0.2) is 19.9 Å². The molecule has 0 amide bonds. The normalized spacial score (nSPS) is 15.1. The molecule has 1 aliphatic rings. The first-order valence-electron chi connectivity index (χ1n) is 11.0. The molecule has 1 aliphatic heterocycles. The van der Waals surface area contributed by atoms with Crippen molar-refractivity contribution >= 4 is 22.8 Å². The molecule has 4 heterocycles. The Hall–Kier alpha value is -3.82. The predicted octanol–water partition coefficient (Wildman–Crippen LogP) is 2.74. The van der Waals surface area contributed by atoms with Crippen LogP contribution in [0.3, 0.4) is 0 Å². The van der Waals surface area contributed by atoms with Gasteiger partial charge in [0.05, 0.1) is 17.0 Å². The number of anilines is 1. The number of aliphatic carboxylic acids is 1. The molecule has 1 N–H and O–H groups in total. The number of aryl methyl sites for hydroxylation is 3. The van der Waals surface area contributed by atoms with Crippen LogP contribution in [-0.2, 0) is 11.8 Å². The molecule has 33 heavy (non-hydrogen) atoms. The standard InChI is InChI=1S/C23H26N8O2/c1-5-16(23(32)33)21-26-19(10-20(27-21)31-14(3)24-13(2)28-31)30-11-15(12-30)22-25-17-8-6-7-9-18(17)29(22)4/h6-10,15-16H,5,11-12H2,1-4H3,(H,32,33). The lowest BCUT2D eigenvalue weighted by atomic mass is 9.99. The number of benzene rings is 1. The number of nitrogens with zero attached hydrogens (tertiary/aromatic N) is 8. The Balaban J connectivity index is 1.48. The van der Waals surface area contributed by atoms with E-state index < -0.39 is 11.9 Å². The first-order valence-corrected chi connectivity index (χ1v) is 11.0. The van der Waals surface area contributed by atoms with E-state index in [1.807, 2.05) is 52.1 Å². The lowest BCUT2D eigenvalue weighted by Crippen LogP contribution is -2.46. The van der Waals surface area contributed by atoms with Crippen molar-refractivity contribution < 1.29 is 9.90 Å². The smallest absolute Gasteiger partial charge is 0.314 e. The molecule has 4 aromatic rings. The minimum absolute atomic E-state index is 0.265. The molecule has 1 saturated heterocycles. The Morgan fingerprint density at radius 3 is 2.48 bits per heavy atom. The number of hydrogen-bond acceptors (Lipinski definition) is 7. The fraction of sp³-hybridized carbons (Fsp3) is 0.391. The van der Waals surface area contributed by atoms with Crippen LogP contribution in [0.15, 0.2) is 30.3 Å². The van der Waals surface area contributed by atoms with Gasteiger partial charge in [-0.05, 0) is 32.4 Å². The molecule has 1 aromatic carbocycles. The Morgan fingerprint density at radius 1 is 1.12 bits per heavy atom. The first kappa shape index (κ1) is 21.0. The number of rotatable bonds is 6. The van der Waals surface area contributed by atoms with E-state index in [1.54, 1.807) is 4.68 Å². The highest BCUT2D eigenvalue weighted by Crippen LogP contribution is 2.33. The number of carbonyl (C=O) groups is 1. The average molecular weight is 447 g/mol. The van der Waals surface area contributed by atoms with E-state index in [1.165, 1.54) is 0 Å². The molecular formula is C23H26N8O2. The fourth-order valence-electron chi connectivity index (χ4n) is 4.43. The van der Waals surface area contributed by atoms with E-state index in [-0.39, 0.29) is 11.7 Å². The van der Waals surface area contributed by atoms with Crippen molar-refractivity contribution in [3.8, 4) is 5.82 Å². The Bertz CT molecular complexity index is 1350. The van der Waals surface area contributed by atoms with Gasteiger partial charge in [-0.15, -0.1) is 5.10 Å². The highest BCUT2D eigenvalue weighted by Gasteiger charge is 2.34. The Labute approximate surface area is 190 Å². The maximum absolute atomic E-state index is 11.8. The number of aromatic nitrogens is 7. The number of imidazole rings is 1. The van der Waals surface area contributed by atoms with Crippen LogP contribution < -0.4 is 4.90 Å². The summed E-state index contributed by atoms with van der Waals surface area (Å²) in [6.45, 7) is 6.97. The third kappa shape index (κ3) is 3.61. The van der Waals surface area contributed by atoms with Gasteiger partial charge in [0, 0.05) is 26.2 Å². The van der Waals surface area contributed by atoms with Gasteiger partial charge in [0.15, 0.2) is 5.82 Å². The molecule has 1 atom stereocenters. The summed E-state index contributed by atoms with van der Waals surface area (Å²) < 4.78 is 3.79. The molecule has 1 fully saturated rings. The van der Waals surface area contributed by atoms with Crippen molar-refractivity contribution in [2.24, 2.45) is 7.05 Å². The van der Waals surface area contributed by atoms with Gasteiger partial charge in [-0.2, -0.15) is 4.68 Å². The summed E-state index contributed by atoms with van der Waals surface area (Å²) in [7, 11) is 2.04. The second kappa shape index (κ2) is 7.95. The second-order valence-electron chi connectivity index (χ2n) is 8.48. The third-order valence-corrected chi connectivity index (χ3v) is 6.22. The monoisotopic (exact) mass is 446 g/mol. The SMILES string of the molecule is CCC(C(=O)O)c1nc(N2CC(c3nc4ccccc4n3C)C2)cc(-n2nc(C)nc2C)n1. The van der Waals surface area contributed by atoms with Gasteiger partial charge in [-0.3, -0.25) is 4.79 Å². The predicted molar refractivity (Wildman–Crippen MR) is 123 cm³/mol. The largest absolute Gasteiger partial charge is 0.481 e. The summed E-state index contributed by atoms with van der Waals surface area (Å²) in [5.74, 6) is 2.41. The number of fused-ring (bicyclic) bond motifs is 1. The minimum Gasteiger partial charge on any atom is -0.481 e. The fourth-order valence-corrected chi connectivity index (χ4v) is 4.43. The molecule has 0 spiro atoms. The van der Waals surface area contributed by atoms with Gasteiger partial charge in [0.1, 0.15) is 35.0 Å². The highest BCUT2D eigenvalue weighted by atomic mass is 16.4. The van der Waals surface area contributed by atoms with Crippen LogP contribution in [0.5, 0.6) is 0 Å². The van der Waals surface area contributed by atoms with E-state index in [0.29, 0.717) is 29.7 Å². The van der Waals surface area contributed by atoms with Crippen LogP contribution in [0.2, 0.25) is 0 Å². The van der Waals surface area contributed by atoms with Crippen molar-refractivity contribution in [1.29, 1.82) is 0 Å². The number of carboxylic acids is 1. The van der Waals surface area contributed by atoms with Crippen LogP contribution in [0.1, 0.15) is 48.5 Å². The molecule has 0 bridgehead atoms. The van der Waals surface area contributed by atoms with Crippen LogP contribution >= 0.6 is 0 Å². The summed E-state index contributed by atoms with van der Waals surface area (Å²) >= 11 is 0. The average Bonchev–Trinajstić information content (AvgIpc) is 3.26. The molecular weight excluding hydrogens is 420 g/mol. The summed E-state index contributed by atoms with van der Waals surface area (Å²) in [4.78, 5) is 32.4. The summed E-state index contributed by atoms with van der Waals surface area (Å²) in [5.41, 5.74) is 2.10. The van der Waals surface area contributed by atoms with Crippen LogP contribution in [0, 0.1) is 13.8 Å². The molecule has 5 rings (SSSR count). The molecule has 10 nitrogen and oxygen atoms in total. The minimum atomic E-state index is -0.937. The molecule has 1 unspecified atom stereocenters. The van der Waals surface area contributed by atoms with Crippen LogP contribution in [0.4, 0.5) is 5.82 Å². The third-order valence-electron chi connectivity index (χ3n) is 6.22. The van der Waals surface area contributed by atoms with Gasteiger partial charge in [-0.1, -0.05) is 19.1 Å². The van der Waals surface area contributed by atoms with E-state index in [2.05, 4.69) is 35.6 Å². The molecule has 10 heteroatoms. The zero-order valence-electron chi connectivity index (χ0n) is 19.1. The quantitative estimate of drug-likeness (QED) is 0.481. The van der Waals surface area contributed by atoms with Crippen molar-refractivity contribution in [2.45, 2.75) is 39.0 Å². The lowest BCUT2D eigenvalue weighted by molar-refractivity contribution is -0.139. The topological polar surface area (TPSA) is 115 Å². The van der Waals surface area contributed by atoms with Crippen molar-refractivity contribution in [1.82, 2.24) is 34.3 Å². The molecule has 3 aromatic heterocycles. The lowest BCUT2D eigenvalue weighted by Gasteiger charge is -2.40. The van der Waals surface area contributed by atoms with Crippen molar-refractivity contribution in [3.05, 3.63) is 53.6 Å². The maximum Gasteiger partial charge on any atom is 0.314 e. The van der Waals surface area contributed by atoms with Crippen molar-refractivity contribution in [3.63, 3.8) is 0 Å². The zero-order valence-corrected chi connectivity index (χ0v) is 19.1. The van der Waals surface area contributed by atoms with Gasteiger partial charge in [0.2, 0.25) is 0 Å². The Kier molecular flexibility index (Phi) is 5.07. The molecule has 170 valence electrons. The van der Waals surface area contributed by atoms with E-state index >= 15 is 0 Å². The zero-order chi connectivity index (χ0) is 23.3. The van der Waals surface area contributed by atoms with Gasteiger partial charge in [0.25, 0.3) is 0 Å². The summed E-state index contributed by atoms with van der Waals surface area (Å²) in [5, 5.41) is 14.1. The molecule has 0 aliphatic carbocycles. The molecule has 0 saturated carbocycles. The Morgan fingerprint density at radius 2 is 1.85 bits per heavy atom.